The summed E-state index contributed by atoms with van der Waals surface area (Å²) in [6.07, 6.45) is 3.95. The Kier molecular flexibility index (Phi) is 2.52. The van der Waals surface area contributed by atoms with Crippen LogP contribution < -0.4 is 10.5 Å². The Morgan fingerprint density at radius 1 is 1.53 bits per heavy atom. The molecule has 3 rings (SSSR count). The Labute approximate surface area is 104 Å². The first-order valence-corrected chi connectivity index (χ1v) is 6.49. The number of hydrogen-bond donors (Lipinski definition) is 1. The fourth-order valence-electron chi connectivity index (χ4n) is 2.20. The molecular formula is C13H14N2OS. The van der Waals surface area contributed by atoms with Crippen LogP contribution in [0.25, 0.3) is 0 Å². The van der Waals surface area contributed by atoms with Crippen molar-refractivity contribution in [2.24, 2.45) is 0 Å². The summed E-state index contributed by atoms with van der Waals surface area (Å²) in [5, 5.41) is 0.631. The second kappa shape index (κ2) is 4.04. The molecule has 4 heteroatoms. The Hall–Kier alpha value is -1.55. The summed E-state index contributed by atoms with van der Waals surface area (Å²) in [5.74, 6) is 1.03. The summed E-state index contributed by atoms with van der Waals surface area (Å²) >= 11 is 1.54. The molecule has 1 atom stereocenters. The van der Waals surface area contributed by atoms with Gasteiger partial charge in [-0.05, 0) is 18.6 Å². The molecule has 1 unspecified atom stereocenters. The number of fused-ring (bicyclic) bond motifs is 1. The van der Waals surface area contributed by atoms with Crippen LogP contribution in [-0.2, 0) is 12.8 Å². The zero-order valence-electron chi connectivity index (χ0n) is 9.64. The number of hydrogen-bond acceptors (Lipinski definition) is 4. The van der Waals surface area contributed by atoms with E-state index in [1.54, 1.807) is 11.3 Å². The summed E-state index contributed by atoms with van der Waals surface area (Å²) in [5.41, 5.74) is 8.22. The van der Waals surface area contributed by atoms with E-state index < -0.39 is 0 Å². The minimum atomic E-state index is 0.228. The van der Waals surface area contributed by atoms with Crippen LogP contribution in [0, 0.1) is 6.92 Å². The smallest absolute Gasteiger partial charge is 0.180 e. The van der Waals surface area contributed by atoms with E-state index in [9.17, 15) is 0 Å². The molecule has 88 valence electrons. The molecule has 0 aliphatic carbocycles. The van der Waals surface area contributed by atoms with Crippen LogP contribution in [0.1, 0.15) is 16.0 Å². The first-order valence-electron chi connectivity index (χ1n) is 5.67. The molecule has 2 heterocycles. The standard InChI is InChI=1S/C13H14N2OS/c1-8-2-3-12-9(4-8)5-10(16-12)6-11-7-15-13(14)17-11/h2-4,7,10H,5-6H2,1H3,(H2,14,15). The van der Waals surface area contributed by atoms with Crippen LogP contribution in [0.3, 0.4) is 0 Å². The van der Waals surface area contributed by atoms with E-state index in [0.717, 1.165) is 18.6 Å². The molecule has 0 radical (unpaired) electrons. The highest BCUT2D eigenvalue weighted by Gasteiger charge is 2.23. The predicted molar refractivity (Wildman–Crippen MR) is 69.5 cm³/mol. The maximum Gasteiger partial charge on any atom is 0.180 e. The fourth-order valence-corrected chi connectivity index (χ4v) is 2.95. The summed E-state index contributed by atoms with van der Waals surface area (Å²) in [4.78, 5) is 5.25. The second-order valence-corrected chi connectivity index (χ2v) is 5.57. The SMILES string of the molecule is Cc1ccc2c(c1)CC(Cc1cnc(N)s1)O2. The quantitative estimate of drug-likeness (QED) is 0.886. The van der Waals surface area contributed by atoms with Gasteiger partial charge in [-0.15, -0.1) is 11.3 Å². The Bertz CT molecular complexity index is 548. The molecule has 2 aromatic rings. The molecule has 0 bridgehead atoms. The van der Waals surface area contributed by atoms with E-state index in [-0.39, 0.29) is 6.10 Å². The summed E-state index contributed by atoms with van der Waals surface area (Å²) < 4.78 is 5.91. The normalized spacial score (nSPS) is 17.8. The number of aromatic nitrogens is 1. The van der Waals surface area contributed by atoms with Gasteiger partial charge in [-0.25, -0.2) is 4.98 Å². The molecule has 0 spiro atoms. The minimum Gasteiger partial charge on any atom is -0.489 e. The number of nitrogens with two attached hydrogens (primary N) is 1. The van der Waals surface area contributed by atoms with Crippen molar-refractivity contribution in [2.45, 2.75) is 25.9 Å². The monoisotopic (exact) mass is 246 g/mol. The molecule has 0 fully saturated rings. The highest BCUT2D eigenvalue weighted by atomic mass is 32.1. The topological polar surface area (TPSA) is 48.1 Å². The van der Waals surface area contributed by atoms with Crippen molar-refractivity contribution < 1.29 is 4.74 Å². The van der Waals surface area contributed by atoms with Gasteiger partial charge < -0.3 is 10.5 Å². The molecular weight excluding hydrogens is 232 g/mol. The number of anilines is 1. The molecule has 1 aromatic carbocycles. The van der Waals surface area contributed by atoms with E-state index in [1.807, 2.05) is 6.20 Å². The van der Waals surface area contributed by atoms with E-state index >= 15 is 0 Å². The van der Waals surface area contributed by atoms with Crippen LogP contribution >= 0.6 is 11.3 Å². The van der Waals surface area contributed by atoms with Gasteiger partial charge in [0.2, 0.25) is 0 Å². The van der Waals surface area contributed by atoms with Gasteiger partial charge in [0.1, 0.15) is 11.9 Å². The van der Waals surface area contributed by atoms with E-state index in [0.29, 0.717) is 5.13 Å². The number of thiazole rings is 1. The van der Waals surface area contributed by atoms with Crippen molar-refractivity contribution in [3.63, 3.8) is 0 Å². The van der Waals surface area contributed by atoms with Gasteiger partial charge in [-0.1, -0.05) is 17.7 Å². The van der Waals surface area contributed by atoms with Gasteiger partial charge in [0.05, 0.1) is 0 Å². The van der Waals surface area contributed by atoms with Crippen LogP contribution in [-0.4, -0.2) is 11.1 Å². The summed E-state index contributed by atoms with van der Waals surface area (Å²) in [6, 6.07) is 6.36. The second-order valence-electron chi connectivity index (χ2n) is 4.42. The third kappa shape index (κ3) is 2.13. The minimum absolute atomic E-state index is 0.228. The summed E-state index contributed by atoms with van der Waals surface area (Å²) in [7, 11) is 0. The zero-order chi connectivity index (χ0) is 11.8. The van der Waals surface area contributed by atoms with E-state index in [2.05, 4.69) is 30.1 Å². The number of nitrogens with zero attached hydrogens (tertiary/aromatic N) is 1. The van der Waals surface area contributed by atoms with Crippen LogP contribution in [0.5, 0.6) is 5.75 Å². The van der Waals surface area contributed by atoms with Gasteiger partial charge in [0.15, 0.2) is 5.13 Å². The third-order valence-electron chi connectivity index (χ3n) is 2.96. The van der Waals surface area contributed by atoms with Crippen LogP contribution in [0.4, 0.5) is 5.13 Å². The number of aryl methyl sites for hydroxylation is 1. The first-order chi connectivity index (χ1) is 8.20. The fraction of sp³-hybridized carbons (Fsp3) is 0.308. The Balaban J connectivity index is 1.74. The highest BCUT2D eigenvalue weighted by Crippen LogP contribution is 2.31. The Morgan fingerprint density at radius 3 is 3.18 bits per heavy atom. The maximum absolute atomic E-state index is 5.91. The molecule has 1 aliphatic heterocycles. The molecule has 0 saturated heterocycles. The van der Waals surface area contributed by atoms with Crippen molar-refractivity contribution in [3.8, 4) is 5.75 Å². The van der Waals surface area contributed by atoms with Crippen LogP contribution in [0.2, 0.25) is 0 Å². The molecule has 17 heavy (non-hydrogen) atoms. The first kappa shape index (κ1) is 10.6. The van der Waals surface area contributed by atoms with Crippen molar-refractivity contribution >= 4 is 16.5 Å². The lowest BCUT2D eigenvalue weighted by Crippen LogP contribution is -2.15. The lowest BCUT2D eigenvalue weighted by atomic mass is 10.1. The van der Waals surface area contributed by atoms with Crippen molar-refractivity contribution in [3.05, 3.63) is 40.4 Å². The lowest BCUT2D eigenvalue weighted by molar-refractivity contribution is 0.234. The number of nitrogen functional groups attached to an aromatic ring is 1. The van der Waals surface area contributed by atoms with Gasteiger partial charge in [-0.3, -0.25) is 0 Å². The van der Waals surface area contributed by atoms with E-state index in [4.69, 9.17) is 10.5 Å². The molecule has 0 amide bonds. The van der Waals surface area contributed by atoms with Crippen molar-refractivity contribution in [1.29, 1.82) is 0 Å². The Morgan fingerprint density at radius 2 is 2.41 bits per heavy atom. The lowest BCUT2D eigenvalue weighted by Gasteiger charge is -2.08. The maximum atomic E-state index is 5.91. The molecule has 2 N–H and O–H groups in total. The van der Waals surface area contributed by atoms with Gasteiger partial charge in [0.25, 0.3) is 0 Å². The number of rotatable bonds is 2. The van der Waals surface area contributed by atoms with Crippen molar-refractivity contribution in [1.82, 2.24) is 4.98 Å². The molecule has 3 nitrogen and oxygen atoms in total. The van der Waals surface area contributed by atoms with Crippen LogP contribution in [0.15, 0.2) is 24.4 Å². The number of benzene rings is 1. The highest BCUT2D eigenvalue weighted by molar-refractivity contribution is 7.15. The molecule has 1 aliphatic rings. The predicted octanol–water partition coefficient (Wildman–Crippen LogP) is 2.58. The van der Waals surface area contributed by atoms with Crippen molar-refractivity contribution in [2.75, 3.05) is 5.73 Å². The van der Waals surface area contributed by atoms with Gasteiger partial charge in [-0.2, -0.15) is 0 Å². The largest absolute Gasteiger partial charge is 0.489 e. The van der Waals surface area contributed by atoms with E-state index in [1.165, 1.54) is 16.0 Å². The molecule has 1 aromatic heterocycles. The zero-order valence-corrected chi connectivity index (χ0v) is 10.5. The average molecular weight is 246 g/mol. The number of ether oxygens (including phenoxy) is 1. The van der Waals surface area contributed by atoms with Gasteiger partial charge >= 0.3 is 0 Å². The molecule has 0 saturated carbocycles. The summed E-state index contributed by atoms with van der Waals surface area (Å²) in [6.45, 7) is 2.11. The third-order valence-corrected chi connectivity index (χ3v) is 3.81. The average Bonchev–Trinajstić information content (AvgIpc) is 2.84. The van der Waals surface area contributed by atoms with Gasteiger partial charge in [0, 0.05) is 23.9 Å².